The van der Waals surface area contributed by atoms with Gasteiger partial charge in [-0.05, 0) is 18.2 Å². The largest absolute Gasteiger partial charge is 0.496 e. The zero-order valence-electron chi connectivity index (χ0n) is 15.9. The van der Waals surface area contributed by atoms with Crippen LogP contribution in [0, 0.1) is 0 Å². The number of benzene rings is 2. The summed E-state index contributed by atoms with van der Waals surface area (Å²) in [6.07, 6.45) is 2.82. The standard InChI is InChI=1S/C21H15Cl2N3O3S/c1-10(27)25-15-5-3-4-11-17-16(29-2)7-6-12(20(17)30-19(11)15)21(28)26-18-13(22)8-24-9-14(18)23/h3-9H,1-2H3,(H,25,27)(H,24,26,28). The molecule has 0 bridgehead atoms. The number of hydrogen-bond acceptors (Lipinski definition) is 5. The molecule has 4 aromatic rings. The molecule has 0 saturated heterocycles. The zero-order valence-corrected chi connectivity index (χ0v) is 18.2. The first-order valence-corrected chi connectivity index (χ1v) is 10.4. The van der Waals surface area contributed by atoms with Crippen LogP contribution in [0.3, 0.4) is 0 Å². The van der Waals surface area contributed by atoms with Crippen molar-refractivity contribution in [3.05, 3.63) is 58.3 Å². The van der Waals surface area contributed by atoms with Gasteiger partial charge in [-0.2, -0.15) is 0 Å². The molecule has 0 saturated carbocycles. The van der Waals surface area contributed by atoms with Crippen molar-refractivity contribution in [1.29, 1.82) is 0 Å². The lowest BCUT2D eigenvalue weighted by atomic mass is 10.1. The van der Waals surface area contributed by atoms with Crippen molar-refractivity contribution in [2.75, 3.05) is 17.7 Å². The second kappa shape index (κ2) is 8.10. The number of anilines is 2. The molecule has 0 aliphatic rings. The Hall–Kier alpha value is -2.87. The van der Waals surface area contributed by atoms with E-state index in [2.05, 4.69) is 15.6 Å². The van der Waals surface area contributed by atoms with Crippen LogP contribution in [0.4, 0.5) is 11.4 Å². The van der Waals surface area contributed by atoms with E-state index in [1.807, 2.05) is 18.2 Å². The topological polar surface area (TPSA) is 80.3 Å². The van der Waals surface area contributed by atoms with Crippen LogP contribution in [-0.2, 0) is 4.79 Å². The van der Waals surface area contributed by atoms with Crippen molar-refractivity contribution < 1.29 is 14.3 Å². The number of methoxy groups -OCH3 is 1. The van der Waals surface area contributed by atoms with Gasteiger partial charge in [-0.3, -0.25) is 14.6 Å². The number of fused-ring (bicyclic) bond motifs is 3. The molecule has 9 heteroatoms. The number of hydrogen-bond donors (Lipinski definition) is 2. The SMILES string of the molecule is COc1ccc(C(=O)Nc2c(Cl)cncc2Cl)c2sc3c(NC(C)=O)cccc3c12. The predicted molar refractivity (Wildman–Crippen MR) is 122 cm³/mol. The van der Waals surface area contributed by atoms with Gasteiger partial charge in [0.15, 0.2) is 0 Å². The lowest BCUT2D eigenvalue weighted by molar-refractivity contribution is -0.114. The van der Waals surface area contributed by atoms with Crippen LogP contribution < -0.4 is 15.4 Å². The summed E-state index contributed by atoms with van der Waals surface area (Å²) in [5.41, 5.74) is 1.40. The van der Waals surface area contributed by atoms with Crippen molar-refractivity contribution in [3.8, 4) is 5.75 Å². The molecule has 6 nitrogen and oxygen atoms in total. The third-order valence-electron chi connectivity index (χ3n) is 4.48. The molecule has 2 aromatic carbocycles. The van der Waals surface area contributed by atoms with E-state index in [9.17, 15) is 9.59 Å². The minimum atomic E-state index is -0.370. The number of nitrogens with one attached hydrogen (secondary N) is 2. The van der Waals surface area contributed by atoms with Crippen LogP contribution in [-0.4, -0.2) is 23.9 Å². The molecule has 0 aliphatic carbocycles. The minimum Gasteiger partial charge on any atom is -0.496 e. The highest BCUT2D eigenvalue weighted by Gasteiger charge is 2.21. The Labute approximate surface area is 185 Å². The van der Waals surface area contributed by atoms with Gasteiger partial charge < -0.3 is 15.4 Å². The molecule has 4 rings (SSSR count). The summed E-state index contributed by atoms with van der Waals surface area (Å²) in [4.78, 5) is 28.6. The summed E-state index contributed by atoms with van der Waals surface area (Å²) in [7, 11) is 1.58. The fourth-order valence-corrected chi connectivity index (χ4v) is 4.98. The number of aromatic nitrogens is 1. The average Bonchev–Trinajstić information content (AvgIpc) is 3.10. The second-order valence-electron chi connectivity index (χ2n) is 6.42. The Morgan fingerprint density at radius 3 is 2.43 bits per heavy atom. The van der Waals surface area contributed by atoms with E-state index in [0.29, 0.717) is 22.7 Å². The molecule has 2 heterocycles. The normalized spacial score (nSPS) is 10.9. The summed E-state index contributed by atoms with van der Waals surface area (Å²) in [5, 5.41) is 7.77. The van der Waals surface area contributed by atoms with Gasteiger partial charge in [-0.1, -0.05) is 35.3 Å². The highest BCUT2D eigenvalue weighted by Crippen LogP contribution is 2.44. The summed E-state index contributed by atoms with van der Waals surface area (Å²) in [6.45, 7) is 1.45. The van der Waals surface area contributed by atoms with Crippen LogP contribution in [0.5, 0.6) is 5.75 Å². The smallest absolute Gasteiger partial charge is 0.257 e. The second-order valence-corrected chi connectivity index (χ2v) is 8.25. The fourth-order valence-electron chi connectivity index (χ4n) is 3.22. The number of amides is 2. The van der Waals surface area contributed by atoms with Crippen LogP contribution in [0.1, 0.15) is 17.3 Å². The number of pyridine rings is 1. The predicted octanol–water partition coefficient (Wildman–Crippen LogP) is 5.98. The third-order valence-corrected chi connectivity index (χ3v) is 6.32. The average molecular weight is 460 g/mol. The van der Waals surface area contributed by atoms with Gasteiger partial charge in [0.05, 0.1) is 43.5 Å². The lowest BCUT2D eigenvalue weighted by Gasteiger charge is -2.10. The van der Waals surface area contributed by atoms with E-state index in [0.717, 1.165) is 20.2 Å². The van der Waals surface area contributed by atoms with Gasteiger partial charge in [-0.15, -0.1) is 11.3 Å². The monoisotopic (exact) mass is 459 g/mol. The molecule has 2 amide bonds. The Bertz CT molecular complexity index is 1300. The van der Waals surface area contributed by atoms with Crippen molar-refractivity contribution in [2.24, 2.45) is 0 Å². The van der Waals surface area contributed by atoms with Gasteiger partial charge in [0.25, 0.3) is 5.91 Å². The molecule has 0 aliphatic heterocycles. The third kappa shape index (κ3) is 3.56. The maximum Gasteiger partial charge on any atom is 0.257 e. The summed E-state index contributed by atoms with van der Waals surface area (Å²) < 4.78 is 7.11. The molecule has 0 unspecified atom stereocenters. The van der Waals surface area contributed by atoms with Crippen LogP contribution in [0.2, 0.25) is 10.0 Å². The minimum absolute atomic E-state index is 0.174. The Morgan fingerprint density at radius 1 is 1.03 bits per heavy atom. The molecular weight excluding hydrogens is 445 g/mol. The molecule has 0 radical (unpaired) electrons. The summed E-state index contributed by atoms with van der Waals surface area (Å²) >= 11 is 13.7. The van der Waals surface area contributed by atoms with E-state index in [-0.39, 0.29) is 21.9 Å². The molecule has 30 heavy (non-hydrogen) atoms. The van der Waals surface area contributed by atoms with Crippen molar-refractivity contribution in [1.82, 2.24) is 4.98 Å². The van der Waals surface area contributed by atoms with Crippen LogP contribution in [0.25, 0.3) is 20.2 Å². The number of nitrogens with zero attached hydrogens (tertiary/aromatic N) is 1. The first kappa shape index (κ1) is 20.4. The molecule has 0 fully saturated rings. The number of carbonyl (C=O) groups is 2. The molecule has 0 atom stereocenters. The quantitative estimate of drug-likeness (QED) is 0.393. The summed E-state index contributed by atoms with van der Waals surface area (Å²) in [6, 6.07) is 9.03. The molecule has 2 N–H and O–H groups in total. The van der Waals surface area contributed by atoms with E-state index in [1.54, 1.807) is 19.2 Å². The molecule has 152 valence electrons. The van der Waals surface area contributed by atoms with E-state index in [1.165, 1.54) is 30.7 Å². The van der Waals surface area contributed by atoms with Crippen molar-refractivity contribution in [3.63, 3.8) is 0 Å². The summed E-state index contributed by atoms with van der Waals surface area (Å²) in [5.74, 6) is 0.0879. The number of rotatable bonds is 4. The first-order valence-electron chi connectivity index (χ1n) is 8.81. The fraction of sp³-hybridized carbons (Fsp3) is 0.0952. The number of thiophene rings is 1. The Kier molecular flexibility index (Phi) is 5.51. The highest BCUT2D eigenvalue weighted by atomic mass is 35.5. The van der Waals surface area contributed by atoms with Gasteiger partial charge in [0.2, 0.25) is 5.91 Å². The van der Waals surface area contributed by atoms with Gasteiger partial charge >= 0.3 is 0 Å². The number of halogens is 2. The molecule has 2 aromatic heterocycles. The maximum absolute atomic E-state index is 13.1. The van der Waals surface area contributed by atoms with Gasteiger partial charge in [0.1, 0.15) is 5.75 Å². The number of ether oxygens (including phenoxy) is 1. The van der Waals surface area contributed by atoms with E-state index < -0.39 is 0 Å². The van der Waals surface area contributed by atoms with Crippen molar-refractivity contribution >= 4 is 77.9 Å². The lowest BCUT2D eigenvalue weighted by Crippen LogP contribution is -2.13. The zero-order chi connectivity index (χ0) is 21.4. The Balaban J connectivity index is 1.91. The highest BCUT2D eigenvalue weighted by molar-refractivity contribution is 7.26. The van der Waals surface area contributed by atoms with Gasteiger partial charge in [-0.25, -0.2) is 0 Å². The molecule has 0 spiro atoms. The maximum atomic E-state index is 13.1. The van der Waals surface area contributed by atoms with E-state index in [4.69, 9.17) is 27.9 Å². The van der Waals surface area contributed by atoms with Crippen LogP contribution >= 0.6 is 34.5 Å². The first-order chi connectivity index (χ1) is 14.4. The van der Waals surface area contributed by atoms with E-state index >= 15 is 0 Å². The molecular formula is C21H15Cl2N3O3S. The van der Waals surface area contributed by atoms with Crippen LogP contribution in [0.15, 0.2) is 42.7 Å². The number of carbonyl (C=O) groups excluding carboxylic acids is 2. The van der Waals surface area contributed by atoms with Crippen molar-refractivity contribution in [2.45, 2.75) is 6.92 Å². The Morgan fingerprint density at radius 2 is 1.77 bits per heavy atom. The van der Waals surface area contributed by atoms with Gasteiger partial charge in [0, 0.05) is 30.1 Å².